The average Bonchev–Trinajstić information content (AvgIpc) is 2.71. The molecule has 0 amide bonds. The van der Waals surface area contributed by atoms with Gasteiger partial charge in [-0.15, -0.1) is 0 Å². The van der Waals surface area contributed by atoms with Gasteiger partial charge in [0.15, 0.2) is 0 Å². The Morgan fingerprint density at radius 3 is 2.62 bits per heavy atom. The first kappa shape index (κ1) is 19.3. The highest BCUT2D eigenvalue weighted by Crippen LogP contribution is 2.33. The molecular formula is C22H25N5O2. The lowest BCUT2D eigenvalue weighted by Gasteiger charge is -2.45. The van der Waals surface area contributed by atoms with Gasteiger partial charge >= 0.3 is 0 Å². The van der Waals surface area contributed by atoms with E-state index in [2.05, 4.69) is 23.8 Å². The van der Waals surface area contributed by atoms with Crippen molar-refractivity contribution in [1.82, 2.24) is 19.5 Å². The van der Waals surface area contributed by atoms with Gasteiger partial charge in [-0.1, -0.05) is 29.8 Å². The Hall–Kier alpha value is -3.06. The second-order valence-corrected chi connectivity index (χ2v) is 8.13. The van der Waals surface area contributed by atoms with Crippen molar-refractivity contribution in [2.75, 3.05) is 11.4 Å². The maximum atomic E-state index is 12.8. The highest BCUT2D eigenvalue weighted by atomic mass is 16.3. The number of hydrogen-bond donors (Lipinski definition) is 1. The highest BCUT2D eigenvalue weighted by Gasteiger charge is 2.36. The molecule has 0 fully saturated rings. The zero-order valence-corrected chi connectivity index (χ0v) is 16.9. The molecule has 1 unspecified atom stereocenters. The summed E-state index contributed by atoms with van der Waals surface area (Å²) in [7, 11) is 0. The Morgan fingerprint density at radius 2 is 1.93 bits per heavy atom. The molecule has 1 N–H and O–H groups in total. The van der Waals surface area contributed by atoms with Crippen LogP contribution in [0.2, 0.25) is 0 Å². The van der Waals surface area contributed by atoms with Crippen LogP contribution >= 0.6 is 0 Å². The largest absolute Gasteiger partial charge is 0.387 e. The Kier molecular flexibility index (Phi) is 4.92. The number of benzene rings is 1. The van der Waals surface area contributed by atoms with Crippen LogP contribution in [-0.2, 0) is 6.54 Å². The molecule has 0 aliphatic carbocycles. The summed E-state index contributed by atoms with van der Waals surface area (Å²) in [5.41, 5.74) is 2.73. The van der Waals surface area contributed by atoms with E-state index in [0.717, 1.165) is 17.5 Å². The Labute approximate surface area is 169 Å². The molecule has 29 heavy (non-hydrogen) atoms. The van der Waals surface area contributed by atoms with Crippen molar-refractivity contribution in [3.8, 4) is 11.4 Å². The van der Waals surface area contributed by atoms with E-state index in [0.29, 0.717) is 30.4 Å². The molecule has 2 aromatic heterocycles. The second-order valence-electron chi connectivity index (χ2n) is 8.13. The number of aryl methyl sites for hydroxylation is 1. The van der Waals surface area contributed by atoms with Crippen molar-refractivity contribution in [1.29, 1.82) is 0 Å². The predicted octanol–water partition coefficient (Wildman–Crippen LogP) is 2.73. The predicted molar refractivity (Wildman–Crippen MR) is 112 cm³/mol. The lowest BCUT2D eigenvalue weighted by atomic mass is 9.95. The molecule has 1 atom stereocenters. The van der Waals surface area contributed by atoms with Gasteiger partial charge in [-0.25, -0.2) is 15.0 Å². The van der Waals surface area contributed by atoms with Crippen molar-refractivity contribution in [2.24, 2.45) is 0 Å². The Bertz CT molecular complexity index is 1060. The maximum Gasteiger partial charge on any atom is 0.255 e. The van der Waals surface area contributed by atoms with Crippen LogP contribution in [0.5, 0.6) is 0 Å². The molecule has 150 valence electrons. The minimum atomic E-state index is -0.693. The van der Waals surface area contributed by atoms with E-state index in [1.807, 2.05) is 36.1 Å². The van der Waals surface area contributed by atoms with E-state index in [1.54, 1.807) is 16.8 Å². The number of β-amino-alcohol motifs (C(OH)–C–C–N with tert-alkyl or cyclic N) is 1. The summed E-state index contributed by atoms with van der Waals surface area (Å²) < 4.78 is 1.68. The van der Waals surface area contributed by atoms with Crippen molar-refractivity contribution in [2.45, 2.75) is 45.4 Å². The number of rotatable bonds is 4. The number of anilines is 1. The molecule has 3 heterocycles. The third kappa shape index (κ3) is 3.78. The van der Waals surface area contributed by atoms with Crippen molar-refractivity contribution in [3.63, 3.8) is 0 Å². The molecule has 7 nitrogen and oxygen atoms in total. The monoisotopic (exact) mass is 391 g/mol. The summed E-state index contributed by atoms with van der Waals surface area (Å²) in [6.45, 7) is 7.18. The number of aliphatic hydroxyl groups excluding tert-OH is 1. The third-order valence-electron chi connectivity index (χ3n) is 5.57. The normalized spacial score (nSPS) is 16.3. The van der Waals surface area contributed by atoms with Gasteiger partial charge in [0, 0.05) is 24.3 Å². The average molecular weight is 391 g/mol. The molecular weight excluding hydrogens is 366 g/mol. The van der Waals surface area contributed by atoms with E-state index in [9.17, 15) is 9.90 Å². The quantitative estimate of drug-likeness (QED) is 0.736. The zero-order chi connectivity index (χ0) is 20.6. The van der Waals surface area contributed by atoms with Crippen LogP contribution in [0.4, 0.5) is 5.95 Å². The van der Waals surface area contributed by atoms with Crippen LogP contribution < -0.4 is 10.5 Å². The molecule has 0 bridgehead atoms. The fourth-order valence-corrected chi connectivity index (χ4v) is 3.67. The van der Waals surface area contributed by atoms with Gasteiger partial charge in [-0.2, -0.15) is 0 Å². The fourth-order valence-electron chi connectivity index (χ4n) is 3.67. The number of fused-ring (bicyclic) bond motifs is 1. The van der Waals surface area contributed by atoms with Gasteiger partial charge in [-0.05, 0) is 38.8 Å². The van der Waals surface area contributed by atoms with Gasteiger partial charge in [0.1, 0.15) is 6.33 Å². The van der Waals surface area contributed by atoms with Crippen LogP contribution in [0, 0.1) is 6.92 Å². The van der Waals surface area contributed by atoms with Gasteiger partial charge in [0.05, 0.1) is 24.0 Å². The molecule has 1 aromatic carbocycles. The number of aliphatic hydroxyl groups is 1. The summed E-state index contributed by atoms with van der Waals surface area (Å²) in [5, 5.41) is 10.9. The van der Waals surface area contributed by atoms with E-state index < -0.39 is 6.10 Å². The van der Waals surface area contributed by atoms with E-state index in [-0.39, 0.29) is 11.1 Å². The summed E-state index contributed by atoms with van der Waals surface area (Å²) in [6.07, 6.45) is 3.16. The van der Waals surface area contributed by atoms with Crippen molar-refractivity contribution >= 4 is 5.95 Å². The molecule has 1 aliphatic rings. The number of nitrogens with zero attached hydrogens (tertiary/aromatic N) is 5. The molecule has 0 radical (unpaired) electrons. The summed E-state index contributed by atoms with van der Waals surface area (Å²) in [5.74, 6) is 0.563. The van der Waals surface area contributed by atoms with Crippen molar-refractivity contribution in [3.05, 3.63) is 70.4 Å². The summed E-state index contributed by atoms with van der Waals surface area (Å²) in [4.78, 5) is 27.8. The van der Waals surface area contributed by atoms with E-state index >= 15 is 0 Å². The van der Waals surface area contributed by atoms with E-state index in [1.165, 1.54) is 12.4 Å². The number of hydrogen-bond acceptors (Lipinski definition) is 6. The Balaban J connectivity index is 1.75. The first-order chi connectivity index (χ1) is 13.8. The third-order valence-corrected chi connectivity index (χ3v) is 5.57. The van der Waals surface area contributed by atoms with Crippen molar-refractivity contribution < 1.29 is 5.11 Å². The lowest BCUT2D eigenvalue weighted by Crippen LogP contribution is -2.53. The SMILES string of the molecule is Cc1ccc(C(O)CN2c3nc(-c4ccncn4)cc(=O)n3CCC2(C)C)cc1. The summed E-state index contributed by atoms with van der Waals surface area (Å²) in [6, 6.07) is 11.1. The molecule has 0 saturated heterocycles. The summed E-state index contributed by atoms with van der Waals surface area (Å²) >= 11 is 0. The molecule has 0 saturated carbocycles. The zero-order valence-electron chi connectivity index (χ0n) is 16.9. The van der Waals surface area contributed by atoms with Crippen LogP contribution in [0.25, 0.3) is 11.4 Å². The standard InChI is InChI=1S/C22H25N5O2/c1-15-4-6-16(7-5-15)19(28)13-27-21-25-18(17-8-10-23-14-24-17)12-20(29)26(21)11-9-22(27,2)3/h4-8,10,12,14,19,28H,9,11,13H2,1-3H3. The minimum absolute atomic E-state index is 0.117. The molecule has 3 aromatic rings. The van der Waals surface area contributed by atoms with Gasteiger partial charge < -0.3 is 10.0 Å². The van der Waals surface area contributed by atoms with Crippen LogP contribution in [0.1, 0.15) is 37.5 Å². The van der Waals surface area contributed by atoms with Gasteiger partial charge in [-0.3, -0.25) is 9.36 Å². The van der Waals surface area contributed by atoms with Gasteiger partial charge in [0.2, 0.25) is 5.95 Å². The second kappa shape index (κ2) is 7.40. The molecule has 0 spiro atoms. The number of aromatic nitrogens is 4. The first-order valence-corrected chi connectivity index (χ1v) is 9.76. The molecule has 7 heteroatoms. The van der Waals surface area contributed by atoms with E-state index in [4.69, 9.17) is 4.98 Å². The van der Waals surface area contributed by atoms with Crippen LogP contribution in [0.15, 0.2) is 53.7 Å². The fraction of sp³-hybridized carbons (Fsp3) is 0.364. The topological polar surface area (TPSA) is 84.1 Å². The lowest BCUT2D eigenvalue weighted by molar-refractivity contribution is 0.169. The van der Waals surface area contributed by atoms with Gasteiger partial charge in [0.25, 0.3) is 5.56 Å². The Morgan fingerprint density at radius 1 is 1.17 bits per heavy atom. The smallest absolute Gasteiger partial charge is 0.255 e. The molecule has 4 rings (SSSR count). The molecule has 1 aliphatic heterocycles. The van der Waals surface area contributed by atoms with Crippen LogP contribution in [0.3, 0.4) is 0 Å². The highest BCUT2D eigenvalue weighted by molar-refractivity contribution is 5.56. The minimum Gasteiger partial charge on any atom is -0.387 e. The maximum absolute atomic E-state index is 12.8. The van der Waals surface area contributed by atoms with Crippen LogP contribution in [-0.4, -0.2) is 36.7 Å². The first-order valence-electron chi connectivity index (χ1n) is 9.76.